The Bertz CT molecular complexity index is 454. The van der Waals surface area contributed by atoms with Crippen molar-refractivity contribution in [2.45, 2.75) is 13.3 Å². The fourth-order valence-corrected chi connectivity index (χ4v) is 1.31. The van der Waals surface area contributed by atoms with Crippen LogP contribution in [-0.2, 0) is 9.63 Å². The number of nitrogens with zero attached hydrogens (tertiary/aromatic N) is 2. The first-order valence-corrected chi connectivity index (χ1v) is 4.81. The molecule has 5 nitrogen and oxygen atoms in total. The van der Waals surface area contributed by atoms with E-state index in [9.17, 15) is 9.59 Å². The van der Waals surface area contributed by atoms with Crippen molar-refractivity contribution < 1.29 is 14.4 Å². The van der Waals surface area contributed by atoms with E-state index < -0.39 is 5.97 Å². The molecule has 1 aliphatic rings. The average molecular weight is 218 g/mol. The highest BCUT2D eigenvalue weighted by atomic mass is 16.7. The fourth-order valence-electron chi connectivity index (χ4n) is 1.31. The molecule has 1 aromatic carbocycles. The number of hydrogen-bond acceptors (Lipinski definition) is 4. The largest absolute Gasteiger partial charge is 0.365 e. The van der Waals surface area contributed by atoms with Crippen LogP contribution in [0.15, 0.2) is 35.4 Å². The Morgan fingerprint density at radius 3 is 2.62 bits per heavy atom. The third-order valence-electron chi connectivity index (χ3n) is 2.06. The Hall–Kier alpha value is -2.17. The predicted octanol–water partition coefficient (Wildman–Crippen LogP) is 1.37. The summed E-state index contributed by atoms with van der Waals surface area (Å²) in [7, 11) is 0. The molecule has 0 radical (unpaired) electrons. The minimum Gasteiger partial charge on any atom is -0.310 e. The average Bonchev–Trinajstić information content (AvgIpc) is 2.59. The Balaban J connectivity index is 2.06. The van der Waals surface area contributed by atoms with E-state index in [1.165, 1.54) is 0 Å². The summed E-state index contributed by atoms with van der Waals surface area (Å²) in [4.78, 5) is 27.7. The molecule has 0 unspecified atom stereocenters. The smallest absolute Gasteiger partial charge is 0.310 e. The van der Waals surface area contributed by atoms with Gasteiger partial charge in [0.15, 0.2) is 0 Å². The van der Waals surface area contributed by atoms with Crippen molar-refractivity contribution in [1.29, 1.82) is 0 Å². The monoisotopic (exact) mass is 218 g/mol. The standard InChI is InChI=1S/C11H10N2O3/c1-8-7-10(14)13(12-8)16-11(15)9-5-3-2-4-6-9/h2-6H,7H2,1H3. The van der Waals surface area contributed by atoms with Gasteiger partial charge < -0.3 is 4.84 Å². The molecule has 0 atom stereocenters. The molecule has 1 aliphatic heterocycles. The summed E-state index contributed by atoms with van der Waals surface area (Å²) in [6.07, 6.45) is 0.196. The van der Waals surface area contributed by atoms with Gasteiger partial charge in [-0.3, -0.25) is 4.79 Å². The lowest BCUT2D eigenvalue weighted by Gasteiger charge is -2.10. The summed E-state index contributed by atoms with van der Waals surface area (Å²) < 4.78 is 0. The van der Waals surface area contributed by atoms with Crippen LogP contribution in [0.2, 0.25) is 0 Å². The third kappa shape index (κ3) is 2.08. The molecular weight excluding hydrogens is 208 g/mol. The molecule has 2 rings (SSSR count). The minimum absolute atomic E-state index is 0.196. The first-order chi connectivity index (χ1) is 7.66. The quantitative estimate of drug-likeness (QED) is 0.753. The van der Waals surface area contributed by atoms with Gasteiger partial charge in [0.05, 0.1) is 12.0 Å². The van der Waals surface area contributed by atoms with Crippen LogP contribution < -0.4 is 0 Å². The van der Waals surface area contributed by atoms with Crippen LogP contribution >= 0.6 is 0 Å². The molecule has 0 aliphatic carbocycles. The van der Waals surface area contributed by atoms with Crippen molar-refractivity contribution >= 4 is 17.6 Å². The van der Waals surface area contributed by atoms with E-state index in [-0.39, 0.29) is 12.3 Å². The van der Waals surface area contributed by atoms with Crippen LogP contribution in [0.4, 0.5) is 0 Å². The molecule has 1 aromatic rings. The van der Waals surface area contributed by atoms with E-state index in [1.807, 2.05) is 0 Å². The van der Waals surface area contributed by atoms with Gasteiger partial charge >= 0.3 is 5.97 Å². The van der Waals surface area contributed by atoms with E-state index in [0.717, 1.165) is 5.17 Å². The molecule has 16 heavy (non-hydrogen) atoms. The molecule has 1 amide bonds. The number of carbonyl (C=O) groups excluding carboxylic acids is 2. The van der Waals surface area contributed by atoms with E-state index in [0.29, 0.717) is 11.3 Å². The Kier molecular flexibility index (Phi) is 2.68. The highest BCUT2D eigenvalue weighted by Crippen LogP contribution is 2.11. The predicted molar refractivity (Wildman–Crippen MR) is 56.4 cm³/mol. The number of carbonyl (C=O) groups is 2. The van der Waals surface area contributed by atoms with Crippen molar-refractivity contribution in [3.05, 3.63) is 35.9 Å². The Morgan fingerprint density at radius 2 is 2.06 bits per heavy atom. The van der Waals surface area contributed by atoms with E-state index in [2.05, 4.69) is 5.10 Å². The van der Waals surface area contributed by atoms with Crippen LogP contribution in [0, 0.1) is 0 Å². The number of rotatable bonds is 2. The Morgan fingerprint density at radius 1 is 1.38 bits per heavy atom. The number of hydroxylamine groups is 1. The molecule has 0 spiro atoms. The van der Waals surface area contributed by atoms with Crippen molar-refractivity contribution in [2.24, 2.45) is 5.10 Å². The summed E-state index contributed by atoms with van der Waals surface area (Å²) in [5.74, 6) is -0.922. The van der Waals surface area contributed by atoms with Crippen molar-refractivity contribution in [2.75, 3.05) is 0 Å². The first kappa shape index (κ1) is 10.4. The molecular formula is C11H10N2O3. The van der Waals surface area contributed by atoms with Gasteiger partial charge in [0, 0.05) is 5.71 Å². The molecule has 1 heterocycles. The van der Waals surface area contributed by atoms with E-state index in [1.54, 1.807) is 37.3 Å². The lowest BCUT2D eigenvalue weighted by molar-refractivity contribution is -0.163. The van der Waals surface area contributed by atoms with Crippen LogP contribution in [0.3, 0.4) is 0 Å². The summed E-state index contributed by atoms with van der Waals surface area (Å²) in [6, 6.07) is 8.45. The van der Waals surface area contributed by atoms with Gasteiger partial charge in [-0.2, -0.15) is 0 Å². The Labute approximate surface area is 92.3 Å². The maximum atomic E-state index is 11.6. The molecule has 0 saturated carbocycles. The maximum absolute atomic E-state index is 11.6. The summed E-state index contributed by atoms with van der Waals surface area (Å²) in [5.41, 5.74) is 1.01. The van der Waals surface area contributed by atoms with Gasteiger partial charge in [0.2, 0.25) is 0 Å². The second-order valence-electron chi connectivity index (χ2n) is 3.42. The third-order valence-corrected chi connectivity index (χ3v) is 2.06. The van der Waals surface area contributed by atoms with Gasteiger partial charge in [-0.15, -0.1) is 5.10 Å². The van der Waals surface area contributed by atoms with Gasteiger partial charge in [0.1, 0.15) is 0 Å². The lowest BCUT2D eigenvalue weighted by atomic mass is 10.2. The molecule has 0 N–H and O–H groups in total. The molecule has 0 fully saturated rings. The molecule has 5 heteroatoms. The van der Waals surface area contributed by atoms with Gasteiger partial charge in [-0.05, 0) is 19.1 Å². The zero-order valence-corrected chi connectivity index (χ0v) is 8.71. The zero-order valence-electron chi connectivity index (χ0n) is 8.71. The van der Waals surface area contributed by atoms with Gasteiger partial charge in [0.25, 0.3) is 5.91 Å². The maximum Gasteiger partial charge on any atom is 0.365 e. The SMILES string of the molecule is CC1=NN(OC(=O)c2ccccc2)C(=O)C1. The minimum atomic E-state index is -0.590. The second kappa shape index (κ2) is 4.14. The second-order valence-corrected chi connectivity index (χ2v) is 3.42. The fraction of sp³-hybridized carbons (Fsp3) is 0.182. The van der Waals surface area contributed by atoms with Crippen LogP contribution in [0.25, 0.3) is 0 Å². The van der Waals surface area contributed by atoms with Crippen molar-refractivity contribution in [1.82, 2.24) is 5.17 Å². The number of hydrogen-bond donors (Lipinski definition) is 0. The zero-order chi connectivity index (χ0) is 11.5. The normalized spacial score (nSPS) is 14.9. The van der Waals surface area contributed by atoms with Crippen LogP contribution in [0.5, 0.6) is 0 Å². The van der Waals surface area contributed by atoms with Crippen molar-refractivity contribution in [3.63, 3.8) is 0 Å². The summed E-state index contributed by atoms with van der Waals surface area (Å²) in [5, 5.41) is 4.53. The highest BCUT2D eigenvalue weighted by molar-refractivity contribution is 6.04. The number of benzene rings is 1. The highest BCUT2D eigenvalue weighted by Gasteiger charge is 2.25. The summed E-state index contributed by atoms with van der Waals surface area (Å²) in [6.45, 7) is 1.70. The molecule has 82 valence electrons. The number of hydrazone groups is 1. The molecule has 0 bridgehead atoms. The number of amides is 1. The van der Waals surface area contributed by atoms with Crippen LogP contribution in [-0.4, -0.2) is 22.8 Å². The van der Waals surface area contributed by atoms with E-state index >= 15 is 0 Å². The van der Waals surface area contributed by atoms with Crippen LogP contribution in [0.1, 0.15) is 23.7 Å². The van der Waals surface area contributed by atoms with Gasteiger partial charge in [-0.1, -0.05) is 23.4 Å². The molecule has 0 saturated heterocycles. The van der Waals surface area contributed by atoms with Gasteiger partial charge in [-0.25, -0.2) is 4.79 Å². The lowest BCUT2D eigenvalue weighted by Crippen LogP contribution is -2.25. The van der Waals surface area contributed by atoms with Crippen molar-refractivity contribution in [3.8, 4) is 0 Å². The molecule has 0 aromatic heterocycles. The van der Waals surface area contributed by atoms with E-state index in [4.69, 9.17) is 4.84 Å². The first-order valence-electron chi connectivity index (χ1n) is 4.81. The summed E-state index contributed by atoms with van der Waals surface area (Å²) >= 11 is 0. The topological polar surface area (TPSA) is 59.0 Å².